The molecule has 168 valence electrons. The van der Waals surface area contributed by atoms with E-state index in [1.807, 2.05) is 0 Å². The van der Waals surface area contributed by atoms with Gasteiger partial charge in [-0.05, 0) is 41.5 Å². The summed E-state index contributed by atoms with van der Waals surface area (Å²) in [6, 6.07) is 4.10. The van der Waals surface area contributed by atoms with Crippen molar-refractivity contribution in [3.8, 4) is 5.75 Å². The van der Waals surface area contributed by atoms with Gasteiger partial charge in [-0.15, -0.1) is 0 Å². The first kappa shape index (κ1) is 22.4. The summed E-state index contributed by atoms with van der Waals surface area (Å²) in [5, 5.41) is 22.0. The van der Waals surface area contributed by atoms with E-state index in [4.69, 9.17) is 4.42 Å². The zero-order chi connectivity index (χ0) is 23.0. The van der Waals surface area contributed by atoms with E-state index >= 15 is 0 Å². The molecule has 14 heteroatoms. The van der Waals surface area contributed by atoms with Gasteiger partial charge in [0.2, 0.25) is 21.7 Å². The van der Waals surface area contributed by atoms with E-state index in [0.717, 1.165) is 4.31 Å². The summed E-state index contributed by atoms with van der Waals surface area (Å²) in [5.41, 5.74) is -0.140. The summed E-state index contributed by atoms with van der Waals surface area (Å²) >= 11 is 0. The number of sulfonamides is 1. The standard InChI is InChI=1S/C17H18F3N5O5S/c1-9-7-8-11(29-9)14(17(18,19)20)22-16-15(23-30-24-16)21-10-5-4-6-12(13(10)26)31(27,28)25(2)3/h4-8,14,26H,1-3H3,(H,21,23)(H,22,24)/t14-/m0/s1. The van der Waals surface area contributed by atoms with Crippen molar-refractivity contribution in [1.29, 1.82) is 0 Å². The molecule has 0 unspecified atom stereocenters. The Bertz CT molecular complexity index is 1170. The second-order valence-electron chi connectivity index (χ2n) is 6.59. The summed E-state index contributed by atoms with van der Waals surface area (Å²) < 4.78 is 75.8. The van der Waals surface area contributed by atoms with Crippen molar-refractivity contribution in [3.63, 3.8) is 0 Å². The maximum atomic E-state index is 13.6. The van der Waals surface area contributed by atoms with Gasteiger partial charge >= 0.3 is 6.18 Å². The van der Waals surface area contributed by atoms with E-state index in [-0.39, 0.29) is 17.3 Å². The highest BCUT2D eigenvalue weighted by atomic mass is 32.2. The lowest BCUT2D eigenvalue weighted by Crippen LogP contribution is -2.28. The number of phenols is 1. The molecule has 0 fully saturated rings. The van der Waals surface area contributed by atoms with Crippen molar-refractivity contribution in [2.75, 3.05) is 24.7 Å². The number of furan rings is 1. The third-order valence-electron chi connectivity index (χ3n) is 4.15. The Morgan fingerprint density at radius 2 is 1.81 bits per heavy atom. The normalized spacial score (nSPS) is 13.4. The van der Waals surface area contributed by atoms with Crippen LogP contribution in [0, 0.1) is 6.92 Å². The third kappa shape index (κ3) is 4.59. The molecule has 3 aromatic rings. The van der Waals surface area contributed by atoms with Gasteiger partial charge in [-0.25, -0.2) is 17.4 Å². The number of halogens is 3. The second kappa shape index (κ2) is 8.11. The van der Waals surface area contributed by atoms with Crippen LogP contribution in [0.5, 0.6) is 5.75 Å². The minimum absolute atomic E-state index is 0.140. The third-order valence-corrected chi connectivity index (χ3v) is 6.00. The molecule has 0 aliphatic carbocycles. The van der Waals surface area contributed by atoms with Gasteiger partial charge in [-0.3, -0.25) is 0 Å². The van der Waals surface area contributed by atoms with Gasteiger partial charge in [0.05, 0.1) is 5.69 Å². The number of hydrogen-bond donors (Lipinski definition) is 3. The first-order valence-corrected chi connectivity index (χ1v) is 10.1. The number of benzene rings is 1. The van der Waals surface area contributed by atoms with Gasteiger partial charge in [0.1, 0.15) is 16.4 Å². The van der Waals surface area contributed by atoms with Crippen molar-refractivity contribution in [1.82, 2.24) is 14.6 Å². The van der Waals surface area contributed by atoms with Crippen LogP contribution in [0.2, 0.25) is 0 Å². The number of nitrogens with one attached hydrogen (secondary N) is 2. The van der Waals surface area contributed by atoms with Crippen LogP contribution < -0.4 is 10.6 Å². The zero-order valence-corrected chi connectivity index (χ0v) is 17.2. The van der Waals surface area contributed by atoms with Crippen LogP contribution >= 0.6 is 0 Å². The molecular weight excluding hydrogens is 443 g/mol. The first-order chi connectivity index (χ1) is 14.4. The quantitative estimate of drug-likeness (QED) is 0.453. The van der Waals surface area contributed by atoms with E-state index in [9.17, 15) is 26.7 Å². The number of anilines is 3. The summed E-state index contributed by atoms with van der Waals surface area (Å²) in [6.45, 7) is 1.50. The first-order valence-electron chi connectivity index (χ1n) is 8.65. The van der Waals surface area contributed by atoms with E-state index in [1.165, 1.54) is 51.4 Å². The largest absolute Gasteiger partial charge is 0.504 e. The Balaban J connectivity index is 1.93. The van der Waals surface area contributed by atoms with Crippen LogP contribution in [-0.4, -0.2) is 48.4 Å². The number of rotatable bonds is 7. The van der Waals surface area contributed by atoms with Crippen LogP contribution in [0.4, 0.5) is 30.5 Å². The number of phenolic OH excluding ortho intramolecular Hbond substituents is 1. The molecular formula is C17H18F3N5O5S. The van der Waals surface area contributed by atoms with Gasteiger partial charge in [-0.1, -0.05) is 6.07 Å². The Morgan fingerprint density at radius 1 is 1.13 bits per heavy atom. The monoisotopic (exact) mass is 461 g/mol. The van der Waals surface area contributed by atoms with Crippen molar-refractivity contribution in [2.45, 2.75) is 24.0 Å². The molecule has 0 saturated carbocycles. The van der Waals surface area contributed by atoms with Crippen LogP contribution in [0.3, 0.4) is 0 Å². The molecule has 0 aliphatic rings. The van der Waals surface area contributed by atoms with Gasteiger partial charge in [0, 0.05) is 14.1 Å². The summed E-state index contributed by atoms with van der Waals surface area (Å²) in [5.74, 6) is -1.52. The van der Waals surface area contributed by atoms with Crippen molar-refractivity contribution in [2.24, 2.45) is 0 Å². The highest BCUT2D eigenvalue weighted by Crippen LogP contribution is 2.39. The summed E-state index contributed by atoms with van der Waals surface area (Å²) in [4.78, 5) is -0.410. The summed E-state index contributed by atoms with van der Waals surface area (Å²) in [6.07, 6.45) is -4.75. The lowest BCUT2D eigenvalue weighted by atomic mass is 10.2. The van der Waals surface area contributed by atoms with E-state index < -0.39 is 44.5 Å². The molecule has 3 N–H and O–H groups in total. The molecule has 1 atom stereocenters. The second-order valence-corrected chi connectivity index (χ2v) is 8.71. The SMILES string of the molecule is Cc1ccc([C@H](Nc2nonc2Nc2cccc(S(=O)(=O)N(C)C)c2O)C(F)(F)F)o1. The minimum atomic E-state index is -4.75. The lowest BCUT2D eigenvalue weighted by Gasteiger charge is -2.19. The Kier molecular flexibility index (Phi) is 5.87. The zero-order valence-electron chi connectivity index (χ0n) is 16.4. The maximum absolute atomic E-state index is 13.6. The van der Waals surface area contributed by atoms with Gasteiger partial charge in [0.15, 0.2) is 11.8 Å². The molecule has 0 spiro atoms. The van der Waals surface area contributed by atoms with Crippen LogP contribution in [0.25, 0.3) is 0 Å². The molecule has 0 amide bonds. The average molecular weight is 461 g/mol. The number of hydrogen-bond acceptors (Lipinski definition) is 9. The van der Waals surface area contributed by atoms with Crippen molar-refractivity contribution >= 4 is 27.3 Å². The minimum Gasteiger partial charge on any atom is -0.504 e. The van der Waals surface area contributed by atoms with Gasteiger partial charge in [-0.2, -0.15) is 13.2 Å². The molecule has 0 bridgehead atoms. The van der Waals surface area contributed by atoms with Gasteiger partial charge < -0.3 is 20.2 Å². The number of alkyl halides is 3. The van der Waals surface area contributed by atoms with Crippen LogP contribution in [-0.2, 0) is 10.0 Å². The molecule has 0 radical (unpaired) electrons. The Hall–Kier alpha value is -3.26. The smallest absolute Gasteiger partial charge is 0.415 e. The molecule has 2 heterocycles. The molecule has 0 aliphatic heterocycles. The lowest BCUT2D eigenvalue weighted by molar-refractivity contribution is -0.147. The predicted octanol–water partition coefficient (Wildman–Crippen LogP) is 3.39. The topological polar surface area (TPSA) is 134 Å². The Labute approximate surface area is 174 Å². The average Bonchev–Trinajstić information content (AvgIpc) is 3.28. The fourth-order valence-electron chi connectivity index (χ4n) is 2.58. The number of aromatic hydroxyl groups is 1. The highest BCUT2D eigenvalue weighted by Gasteiger charge is 2.44. The number of aryl methyl sites for hydroxylation is 1. The van der Waals surface area contributed by atoms with E-state index in [0.29, 0.717) is 0 Å². The Morgan fingerprint density at radius 3 is 2.39 bits per heavy atom. The predicted molar refractivity (Wildman–Crippen MR) is 102 cm³/mol. The van der Waals surface area contributed by atoms with E-state index in [2.05, 4.69) is 25.6 Å². The highest BCUT2D eigenvalue weighted by molar-refractivity contribution is 7.89. The number of para-hydroxylation sites is 1. The molecule has 1 aromatic carbocycles. The van der Waals surface area contributed by atoms with E-state index in [1.54, 1.807) is 0 Å². The fourth-order valence-corrected chi connectivity index (χ4v) is 3.58. The van der Waals surface area contributed by atoms with Crippen LogP contribution in [0.15, 0.2) is 44.3 Å². The van der Waals surface area contributed by atoms with Crippen molar-refractivity contribution in [3.05, 3.63) is 41.9 Å². The molecule has 10 nitrogen and oxygen atoms in total. The fraction of sp³-hybridized carbons (Fsp3) is 0.294. The van der Waals surface area contributed by atoms with Gasteiger partial charge in [0.25, 0.3) is 0 Å². The van der Waals surface area contributed by atoms with Crippen molar-refractivity contribution < 1.29 is 35.7 Å². The number of nitrogens with zero attached hydrogens (tertiary/aromatic N) is 3. The molecule has 3 rings (SSSR count). The molecule has 31 heavy (non-hydrogen) atoms. The van der Waals surface area contributed by atoms with Crippen LogP contribution in [0.1, 0.15) is 17.6 Å². The molecule has 2 aromatic heterocycles. The maximum Gasteiger partial charge on any atom is 0.415 e. The summed E-state index contributed by atoms with van der Waals surface area (Å²) in [7, 11) is -1.42. The molecule has 0 saturated heterocycles. The number of aromatic nitrogens is 2.